The van der Waals surface area contributed by atoms with Gasteiger partial charge in [0.25, 0.3) is 11.8 Å². The quantitative estimate of drug-likeness (QED) is 0.864. The van der Waals surface area contributed by atoms with Crippen LogP contribution in [0.15, 0.2) is 42.7 Å². The molecule has 29 heavy (non-hydrogen) atoms. The standard InChI is InChI=1S/C22H27N5O2/c28-21(25-18-6-2-1-3-7-18)17-9-11-23-19(16-17)22(29)27-14-12-26(13-15-27)20-8-4-5-10-24-20/h4-5,8-11,16,18H,1-3,6-7,12-15H2,(H,25,28). The zero-order chi connectivity index (χ0) is 20.1. The number of carbonyl (C=O) groups is 2. The lowest BCUT2D eigenvalue weighted by atomic mass is 9.95. The second-order valence-corrected chi connectivity index (χ2v) is 7.71. The predicted octanol–water partition coefficient (Wildman–Crippen LogP) is 2.50. The zero-order valence-electron chi connectivity index (χ0n) is 16.6. The molecule has 1 N–H and O–H groups in total. The van der Waals surface area contributed by atoms with E-state index in [9.17, 15) is 9.59 Å². The predicted molar refractivity (Wildman–Crippen MR) is 111 cm³/mol. The summed E-state index contributed by atoms with van der Waals surface area (Å²) >= 11 is 0. The number of pyridine rings is 2. The molecule has 1 saturated carbocycles. The lowest BCUT2D eigenvalue weighted by Gasteiger charge is -2.35. The zero-order valence-corrected chi connectivity index (χ0v) is 16.6. The molecule has 3 heterocycles. The summed E-state index contributed by atoms with van der Waals surface area (Å²) in [5.41, 5.74) is 0.827. The van der Waals surface area contributed by atoms with Crippen molar-refractivity contribution in [3.63, 3.8) is 0 Å². The number of nitrogens with one attached hydrogen (secondary N) is 1. The molecular formula is C22H27N5O2. The summed E-state index contributed by atoms with van der Waals surface area (Å²) < 4.78 is 0. The van der Waals surface area contributed by atoms with Crippen molar-refractivity contribution >= 4 is 17.6 Å². The van der Waals surface area contributed by atoms with Crippen LogP contribution < -0.4 is 10.2 Å². The topological polar surface area (TPSA) is 78.4 Å². The first-order valence-corrected chi connectivity index (χ1v) is 10.4. The van der Waals surface area contributed by atoms with Crippen LogP contribution in [0.4, 0.5) is 5.82 Å². The van der Waals surface area contributed by atoms with E-state index in [2.05, 4.69) is 20.2 Å². The smallest absolute Gasteiger partial charge is 0.272 e. The molecule has 0 atom stereocenters. The fraction of sp³-hybridized carbons (Fsp3) is 0.455. The molecule has 4 rings (SSSR count). The normalized spacial score (nSPS) is 17.8. The van der Waals surface area contributed by atoms with Crippen molar-refractivity contribution in [2.24, 2.45) is 0 Å². The molecule has 7 nitrogen and oxygen atoms in total. The third-order valence-corrected chi connectivity index (χ3v) is 5.72. The lowest BCUT2D eigenvalue weighted by Crippen LogP contribution is -2.49. The van der Waals surface area contributed by atoms with Crippen LogP contribution in [-0.4, -0.2) is 58.9 Å². The van der Waals surface area contributed by atoms with E-state index in [1.807, 2.05) is 18.2 Å². The molecular weight excluding hydrogens is 366 g/mol. The van der Waals surface area contributed by atoms with E-state index in [1.165, 1.54) is 6.42 Å². The van der Waals surface area contributed by atoms with Gasteiger partial charge in [0.15, 0.2) is 0 Å². The molecule has 2 aliphatic rings. The summed E-state index contributed by atoms with van der Waals surface area (Å²) in [5.74, 6) is 0.686. The van der Waals surface area contributed by atoms with Crippen molar-refractivity contribution in [2.45, 2.75) is 38.1 Å². The summed E-state index contributed by atoms with van der Waals surface area (Å²) in [4.78, 5) is 38.1. The van der Waals surface area contributed by atoms with Gasteiger partial charge in [0, 0.05) is 50.2 Å². The first-order chi connectivity index (χ1) is 14.2. The van der Waals surface area contributed by atoms with Gasteiger partial charge in [-0.25, -0.2) is 4.98 Å². The van der Waals surface area contributed by atoms with Gasteiger partial charge in [-0.05, 0) is 37.1 Å². The number of hydrogen-bond acceptors (Lipinski definition) is 5. The Balaban J connectivity index is 1.36. The molecule has 0 bridgehead atoms. The Morgan fingerprint density at radius 2 is 1.72 bits per heavy atom. The molecule has 1 aliphatic carbocycles. The van der Waals surface area contributed by atoms with Gasteiger partial charge in [-0.15, -0.1) is 0 Å². The van der Waals surface area contributed by atoms with Crippen molar-refractivity contribution in [1.29, 1.82) is 0 Å². The highest BCUT2D eigenvalue weighted by Crippen LogP contribution is 2.18. The average Bonchev–Trinajstić information content (AvgIpc) is 2.80. The van der Waals surface area contributed by atoms with Gasteiger partial charge in [0.05, 0.1) is 0 Å². The number of hydrogen-bond donors (Lipinski definition) is 1. The number of piperazine rings is 1. The van der Waals surface area contributed by atoms with Crippen molar-refractivity contribution in [3.8, 4) is 0 Å². The van der Waals surface area contributed by atoms with Crippen LogP contribution in [0.2, 0.25) is 0 Å². The Hall–Kier alpha value is -2.96. The number of aromatic nitrogens is 2. The number of amides is 2. The van der Waals surface area contributed by atoms with Gasteiger partial charge < -0.3 is 15.1 Å². The Morgan fingerprint density at radius 3 is 2.45 bits per heavy atom. The third kappa shape index (κ3) is 4.72. The minimum atomic E-state index is -0.127. The van der Waals surface area contributed by atoms with E-state index in [-0.39, 0.29) is 17.9 Å². The van der Waals surface area contributed by atoms with Crippen LogP contribution in [0.1, 0.15) is 53.0 Å². The van der Waals surface area contributed by atoms with E-state index >= 15 is 0 Å². The van der Waals surface area contributed by atoms with Gasteiger partial charge >= 0.3 is 0 Å². The van der Waals surface area contributed by atoms with Crippen LogP contribution in [0.5, 0.6) is 0 Å². The minimum Gasteiger partial charge on any atom is -0.353 e. The summed E-state index contributed by atoms with van der Waals surface area (Å²) in [6.07, 6.45) is 8.96. The molecule has 0 aromatic carbocycles. The number of nitrogens with zero attached hydrogens (tertiary/aromatic N) is 4. The molecule has 1 aliphatic heterocycles. The first-order valence-electron chi connectivity index (χ1n) is 10.4. The van der Waals surface area contributed by atoms with E-state index in [0.29, 0.717) is 24.3 Å². The molecule has 0 spiro atoms. The van der Waals surface area contributed by atoms with Crippen molar-refractivity contribution in [3.05, 3.63) is 54.0 Å². The number of rotatable bonds is 4. The average molecular weight is 393 g/mol. The van der Waals surface area contributed by atoms with Gasteiger partial charge in [-0.1, -0.05) is 25.3 Å². The van der Waals surface area contributed by atoms with Gasteiger partial charge in [0.1, 0.15) is 11.5 Å². The fourth-order valence-electron chi connectivity index (χ4n) is 4.05. The highest BCUT2D eigenvalue weighted by molar-refractivity contribution is 5.98. The third-order valence-electron chi connectivity index (χ3n) is 5.72. The molecule has 2 amide bonds. The van der Waals surface area contributed by atoms with Crippen molar-refractivity contribution < 1.29 is 9.59 Å². The lowest BCUT2D eigenvalue weighted by molar-refractivity contribution is 0.0740. The van der Waals surface area contributed by atoms with E-state index in [0.717, 1.165) is 44.6 Å². The number of anilines is 1. The largest absolute Gasteiger partial charge is 0.353 e. The maximum absolute atomic E-state index is 12.9. The maximum Gasteiger partial charge on any atom is 0.272 e. The summed E-state index contributed by atoms with van der Waals surface area (Å²) in [6.45, 7) is 2.67. The highest BCUT2D eigenvalue weighted by Gasteiger charge is 2.24. The maximum atomic E-state index is 12.9. The Kier molecular flexibility index (Phi) is 6.03. The molecule has 0 unspecified atom stereocenters. The van der Waals surface area contributed by atoms with Crippen LogP contribution in [-0.2, 0) is 0 Å². The van der Waals surface area contributed by atoms with Gasteiger partial charge in [-0.2, -0.15) is 0 Å². The van der Waals surface area contributed by atoms with E-state index < -0.39 is 0 Å². The SMILES string of the molecule is O=C(NC1CCCCC1)c1ccnc(C(=O)N2CCN(c3ccccn3)CC2)c1. The Morgan fingerprint density at radius 1 is 0.931 bits per heavy atom. The minimum absolute atomic E-state index is 0.117. The van der Waals surface area contributed by atoms with E-state index in [4.69, 9.17) is 0 Å². The Bertz CT molecular complexity index is 843. The summed E-state index contributed by atoms with van der Waals surface area (Å²) in [7, 11) is 0. The van der Waals surface area contributed by atoms with Crippen LogP contribution in [0.3, 0.4) is 0 Å². The monoisotopic (exact) mass is 393 g/mol. The van der Waals surface area contributed by atoms with Crippen molar-refractivity contribution in [2.75, 3.05) is 31.1 Å². The molecule has 1 saturated heterocycles. The fourth-order valence-corrected chi connectivity index (χ4v) is 4.05. The summed E-state index contributed by atoms with van der Waals surface area (Å²) in [6, 6.07) is 9.37. The summed E-state index contributed by atoms with van der Waals surface area (Å²) in [5, 5.41) is 3.10. The van der Waals surface area contributed by atoms with Gasteiger partial charge in [0.2, 0.25) is 0 Å². The van der Waals surface area contributed by atoms with Crippen LogP contribution >= 0.6 is 0 Å². The molecule has 7 heteroatoms. The number of carbonyl (C=O) groups excluding carboxylic acids is 2. The molecule has 152 valence electrons. The molecule has 0 radical (unpaired) electrons. The second kappa shape index (κ2) is 9.03. The van der Waals surface area contributed by atoms with Crippen molar-refractivity contribution in [1.82, 2.24) is 20.2 Å². The van der Waals surface area contributed by atoms with Crippen LogP contribution in [0, 0.1) is 0 Å². The highest BCUT2D eigenvalue weighted by atomic mass is 16.2. The van der Waals surface area contributed by atoms with Crippen LogP contribution in [0.25, 0.3) is 0 Å². The first kappa shape index (κ1) is 19.4. The second-order valence-electron chi connectivity index (χ2n) is 7.71. The van der Waals surface area contributed by atoms with Gasteiger partial charge in [-0.3, -0.25) is 14.6 Å². The molecule has 2 aromatic heterocycles. The molecule has 2 fully saturated rings. The Labute approximate surface area is 171 Å². The molecule has 2 aromatic rings. The van der Waals surface area contributed by atoms with E-state index in [1.54, 1.807) is 29.4 Å².